The zero-order valence-corrected chi connectivity index (χ0v) is 10.4. The molecule has 0 saturated heterocycles. The van der Waals surface area contributed by atoms with Gasteiger partial charge in [-0.1, -0.05) is 46.4 Å². The van der Waals surface area contributed by atoms with Gasteiger partial charge in [-0.05, 0) is 24.1 Å². The van der Waals surface area contributed by atoms with Crippen molar-refractivity contribution in [2.75, 3.05) is 5.32 Å². The largest absolute Gasteiger partial charge is 0.358 e. The first kappa shape index (κ1) is 11.8. The van der Waals surface area contributed by atoms with Gasteiger partial charge in [0.15, 0.2) is 0 Å². The molecular formula is C14H21N. The van der Waals surface area contributed by atoms with Gasteiger partial charge < -0.3 is 5.32 Å². The van der Waals surface area contributed by atoms with Crippen LogP contribution in [0.3, 0.4) is 0 Å². The molecule has 1 aliphatic rings. The van der Waals surface area contributed by atoms with Gasteiger partial charge in [-0.25, -0.2) is 0 Å². The Bertz CT molecular complexity index is 375. The smallest absolute Gasteiger partial charge is 0.0426 e. The van der Waals surface area contributed by atoms with E-state index in [0.29, 0.717) is 0 Å². The summed E-state index contributed by atoms with van der Waals surface area (Å²) in [4.78, 5) is 0. The Morgan fingerprint density at radius 2 is 1.80 bits per heavy atom. The van der Waals surface area contributed by atoms with Crippen molar-refractivity contribution < 1.29 is 0 Å². The quantitative estimate of drug-likeness (QED) is 0.665. The van der Waals surface area contributed by atoms with Crippen molar-refractivity contribution in [3.05, 3.63) is 41.6 Å². The lowest BCUT2D eigenvalue weighted by Crippen LogP contribution is -2.15. The van der Waals surface area contributed by atoms with Crippen LogP contribution in [0.4, 0.5) is 5.69 Å². The minimum absolute atomic E-state index is 0.0725. The molecule has 0 fully saturated rings. The van der Waals surface area contributed by atoms with Crippen LogP contribution in [0.25, 0.3) is 0 Å². The van der Waals surface area contributed by atoms with Crippen molar-refractivity contribution in [2.24, 2.45) is 0 Å². The monoisotopic (exact) mass is 203 g/mol. The van der Waals surface area contributed by atoms with Crippen LogP contribution in [0.15, 0.2) is 30.5 Å². The highest BCUT2D eigenvalue weighted by molar-refractivity contribution is 5.68. The maximum absolute atomic E-state index is 4.04. The van der Waals surface area contributed by atoms with Crippen LogP contribution in [0.2, 0.25) is 0 Å². The molecule has 1 nitrogen and oxygen atoms in total. The van der Waals surface area contributed by atoms with Crippen molar-refractivity contribution in [1.82, 2.24) is 0 Å². The van der Waals surface area contributed by atoms with Crippen molar-refractivity contribution in [2.45, 2.75) is 40.0 Å². The second-order valence-electron chi connectivity index (χ2n) is 4.28. The maximum atomic E-state index is 4.04. The normalized spacial score (nSPS) is 16.2. The first-order chi connectivity index (χ1) is 7.01. The predicted octanol–water partition coefficient (Wildman–Crippen LogP) is 4.24. The van der Waals surface area contributed by atoms with E-state index in [1.165, 1.54) is 16.8 Å². The van der Waals surface area contributed by atoms with Crippen LogP contribution in [0.1, 0.15) is 38.8 Å². The Hall–Kier alpha value is -1.24. The minimum Gasteiger partial charge on any atom is -0.358 e. The number of allylic oxidation sites excluding steroid dienone is 1. The fourth-order valence-electron chi connectivity index (χ4n) is 1.79. The molecule has 0 radical (unpaired) electrons. The fraction of sp³-hybridized carbons (Fsp3) is 0.429. The average Bonchev–Trinajstić information content (AvgIpc) is 2.41. The molecule has 0 saturated carbocycles. The zero-order chi connectivity index (χ0) is 11.6. The highest BCUT2D eigenvalue weighted by Crippen LogP contribution is 2.42. The maximum Gasteiger partial charge on any atom is 0.0426 e. The van der Waals surface area contributed by atoms with Crippen LogP contribution >= 0.6 is 0 Å². The van der Waals surface area contributed by atoms with E-state index in [1.807, 2.05) is 13.8 Å². The summed E-state index contributed by atoms with van der Waals surface area (Å²) in [5.41, 5.74) is 5.02. The van der Waals surface area contributed by atoms with E-state index in [-0.39, 0.29) is 5.41 Å². The highest BCUT2D eigenvalue weighted by Gasteiger charge is 2.32. The van der Waals surface area contributed by atoms with E-state index in [2.05, 4.69) is 50.9 Å². The van der Waals surface area contributed by atoms with Crippen LogP contribution in [-0.4, -0.2) is 0 Å². The number of anilines is 1. The summed E-state index contributed by atoms with van der Waals surface area (Å²) < 4.78 is 0. The molecule has 0 atom stereocenters. The third-order valence-corrected chi connectivity index (χ3v) is 2.89. The number of benzene rings is 1. The third kappa shape index (κ3) is 1.92. The SMILES string of the molecule is C=C1Nc2cc(C)ccc2C1(C)C.CC. The number of aryl methyl sites for hydroxylation is 1. The topological polar surface area (TPSA) is 12.0 Å². The van der Waals surface area contributed by atoms with Crippen LogP contribution < -0.4 is 5.32 Å². The van der Waals surface area contributed by atoms with E-state index in [9.17, 15) is 0 Å². The van der Waals surface area contributed by atoms with Gasteiger partial charge >= 0.3 is 0 Å². The van der Waals surface area contributed by atoms with E-state index in [0.717, 1.165) is 5.70 Å². The van der Waals surface area contributed by atoms with Gasteiger partial charge in [-0.2, -0.15) is 0 Å². The molecule has 1 aromatic carbocycles. The summed E-state index contributed by atoms with van der Waals surface area (Å²) in [6.45, 7) is 14.5. The Balaban J connectivity index is 0.000000531. The molecule has 82 valence electrons. The van der Waals surface area contributed by atoms with E-state index >= 15 is 0 Å². The first-order valence-electron chi connectivity index (χ1n) is 5.59. The molecule has 2 rings (SSSR count). The summed E-state index contributed by atoms with van der Waals surface area (Å²) in [5, 5.41) is 3.33. The summed E-state index contributed by atoms with van der Waals surface area (Å²) in [6.07, 6.45) is 0. The van der Waals surface area contributed by atoms with E-state index in [4.69, 9.17) is 0 Å². The average molecular weight is 203 g/mol. The molecule has 0 bridgehead atoms. The van der Waals surface area contributed by atoms with Crippen LogP contribution in [-0.2, 0) is 5.41 Å². The lowest BCUT2D eigenvalue weighted by atomic mass is 9.84. The molecule has 15 heavy (non-hydrogen) atoms. The Labute approximate surface area is 93.2 Å². The van der Waals surface area contributed by atoms with Crippen molar-refractivity contribution in [1.29, 1.82) is 0 Å². The highest BCUT2D eigenvalue weighted by atomic mass is 14.9. The molecule has 1 N–H and O–H groups in total. The van der Waals surface area contributed by atoms with Crippen molar-refractivity contribution in [3.8, 4) is 0 Å². The minimum atomic E-state index is 0.0725. The number of nitrogens with one attached hydrogen (secondary N) is 1. The Morgan fingerprint density at radius 1 is 1.20 bits per heavy atom. The summed E-state index contributed by atoms with van der Waals surface area (Å²) >= 11 is 0. The molecule has 0 aromatic heterocycles. The second-order valence-corrected chi connectivity index (χ2v) is 4.28. The van der Waals surface area contributed by atoms with Crippen molar-refractivity contribution >= 4 is 5.69 Å². The summed E-state index contributed by atoms with van der Waals surface area (Å²) in [6, 6.07) is 6.52. The predicted molar refractivity (Wildman–Crippen MR) is 68.3 cm³/mol. The van der Waals surface area contributed by atoms with Crippen LogP contribution in [0, 0.1) is 6.92 Å². The Morgan fingerprint density at radius 3 is 2.40 bits per heavy atom. The van der Waals surface area contributed by atoms with E-state index in [1.54, 1.807) is 0 Å². The lowest BCUT2D eigenvalue weighted by molar-refractivity contribution is 0.656. The van der Waals surface area contributed by atoms with Gasteiger partial charge in [0.1, 0.15) is 0 Å². The van der Waals surface area contributed by atoms with Crippen molar-refractivity contribution in [3.63, 3.8) is 0 Å². The zero-order valence-electron chi connectivity index (χ0n) is 10.4. The van der Waals surface area contributed by atoms with Gasteiger partial charge in [-0.15, -0.1) is 0 Å². The van der Waals surface area contributed by atoms with Gasteiger partial charge in [0, 0.05) is 16.8 Å². The summed E-state index contributed by atoms with van der Waals surface area (Å²) in [5.74, 6) is 0. The number of hydrogen-bond acceptors (Lipinski definition) is 1. The number of rotatable bonds is 0. The van der Waals surface area contributed by atoms with E-state index < -0.39 is 0 Å². The molecule has 1 aliphatic heterocycles. The molecule has 0 aliphatic carbocycles. The van der Waals surface area contributed by atoms with Crippen LogP contribution in [0.5, 0.6) is 0 Å². The fourth-order valence-corrected chi connectivity index (χ4v) is 1.79. The van der Waals surface area contributed by atoms with Gasteiger partial charge in [-0.3, -0.25) is 0 Å². The lowest BCUT2D eigenvalue weighted by Gasteiger charge is -2.18. The Kier molecular flexibility index (Phi) is 3.23. The van der Waals surface area contributed by atoms with Gasteiger partial charge in [0.25, 0.3) is 0 Å². The summed E-state index contributed by atoms with van der Waals surface area (Å²) in [7, 11) is 0. The second kappa shape index (κ2) is 4.09. The third-order valence-electron chi connectivity index (χ3n) is 2.89. The molecule has 1 heterocycles. The molecule has 1 heteroatoms. The molecular weight excluding hydrogens is 182 g/mol. The number of fused-ring (bicyclic) bond motifs is 1. The molecule has 0 spiro atoms. The first-order valence-corrected chi connectivity index (χ1v) is 5.59. The van der Waals surface area contributed by atoms with Gasteiger partial charge in [0.05, 0.1) is 0 Å². The van der Waals surface area contributed by atoms with Gasteiger partial charge in [0.2, 0.25) is 0 Å². The molecule has 1 aromatic rings. The standard InChI is InChI=1S/C12H15N.C2H6/c1-8-5-6-10-11(7-8)13-9(2)12(10,3)4;1-2/h5-7,13H,2H2,1,3-4H3;1-2H3. The number of hydrogen-bond donors (Lipinski definition) is 1. The molecule has 0 unspecified atom stereocenters. The molecule has 0 amide bonds.